The minimum Gasteiger partial charge on any atom is -0.458 e. The van der Waals surface area contributed by atoms with E-state index in [0.717, 1.165) is 5.56 Å². The van der Waals surface area contributed by atoms with Gasteiger partial charge in [-0.05, 0) is 57.4 Å². The lowest BCUT2D eigenvalue weighted by Crippen LogP contribution is -2.29. The summed E-state index contributed by atoms with van der Waals surface area (Å²) in [5.41, 5.74) is 2.66. The molecule has 1 aromatic rings. The highest BCUT2D eigenvalue weighted by atomic mass is 16.8. The van der Waals surface area contributed by atoms with Gasteiger partial charge < -0.3 is 18.9 Å². The van der Waals surface area contributed by atoms with Crippen molar-refractivity contribution in [2.75, 3.05) is 18.1 Å². The van der Waals surface area contributed by atoms with Crippen molar-refractivity contribution in [3.05, 3.63) is 47.1 Å². The van der Waals surface area contributed by atoms with Crippen molar-refractivity contribution in [3.63, 3.8) is 0 Å². The zero-order chi connectivity index (χ0) is 24.6. The van der Waals surface area contributed by atoms with E-state index in [9.17, 15) is 9.59 Å². The molecule has 2 fully saturated rings. The van der Waals surface area contributed by atoms with Crippen LogP contribution in [0.3, 0.4) is 0 Å². The Balaban J connectivity index is 1.75. The minimum atomic E-state index is -0.658. The molecule has 4 rings (SSSR count). The Kier molecular flexibility index (Phi) is 6.87. The van der Waals surface area contributed by atoms with E-state index < -0.39 is 5.79 Å². The van der Waals surface area contributed by atoms with Crippen LogP contribution in [0.2, 0.25) is 0 Å². The molecule has 0 spiro atoms. The molecule has 7 heteroatoms. The van der Waals surface area contributed by atoms with Gasteiger partial charge in [-0.15, -0.1) is 0 Å². The average Bonchev–Trinajstić information content (AvgIpc) is 3.32. The highest BCUT2D eigenvalue weighted by Crippen LogP contribution is 2.35. The van der Waals surface area contributed by atoms with Crippen LogP contribution in [0.4, 0.5) is 10.5 Å². The summed E-state index contributed by atoms with van der Waals surface area (Å²) >= 11 is 0. The molecule has 2 saturated heterocycles. The van der Waals surface area contributed by atoms with Gasteiger partial charge in [0.1, 0.15) is 12.7 Å². The first-order chi connectivity index (χ1) is 16.1. The van der Waals surface area contributed by atoms with Crippen LogP contribution >= 0.6 is 0 Å². The maximum Gasteiger partial charge on any atom is 0.414 e. The van der Waals surface area contributed by atoms with Gasteiger partial charge in [0.2, 0.25) is 0 Å². The second-order valence-electron chi connectivity index (χ2n) is 9.98. The number of hydrogen-bond acceptors (Lipinski definition) is 6. The van der Waals surface area contributed by atoms with Gasteiger partial charge in [-0.25, -0.2) is 9.59 Å². The van der Waals surface area contributed by atoms with E-state index in [1.165, 1.54) is 0 Å². The summed E-state index contributed by atoms with van der Waals surface area (Å²) < 4.78 is 23.4. The Labute approximate surface area is 201 Å². The van der Waals surface area contributed by atoms with Gasteiger partial charge in [0, 0.05) is 17.5 Å². The predicted molar refractivity (Wildman–Crippen MR) is 130 cm³/mol. The van der Waals surface area contributed by atoms with Crippen molar-refractivity contribution in [2.45, 2.75) is 72.1 Å². The number of carbonyl (C=O) groups is 2. The lowest BCUT2D eigenvalue weighted by molar-refractivity contribution is -0.148. The SMILES string of the molecule is Cc1cc(N2CCOC2=O)cc2c1C(=O)O[C@@H](C)[C@H](C)/C=C\[C@@H](C)[C@H]1OC(C)(C)O[C@H]1C/C=C/2. The smallest absolute Gasteiger partial charge is 0.414 e. The summed E-state index contributed by atoms with van der Waals surface area (Å²) in [6.07, 6.45) is 7.88. The van der Waals surface area contributed by atoms with Crippen LogP contribution in [-0.4, -0.2) is 49.3 Å². The Morgan fingerprint density at radius 3 is 2.47 bits per heavy atom. The number of hydrogen-bond donors (Lipinski definition) is 0. The molecule has 1 aromatic carbocycles. The first-order valence-corrected chi connectivity index (χ1v) is 12.1. The molecular weight excluding hydrogens is 434 g/mol. The number of cyclic esters (lactones) is 2. The van der Waals surface area contributed by atoms with Crippen LogP contribution in [0.1, 0.15) is 62.5 Å². The van der Waals surface area contributed by atoms with E-state index in [1.54, 1.807) is 4.90 Å². The molecule has 0 N–H and O–H groups in total. The Hall–Kier alpha value is -2.64. The molecule has 34 heavy (non-hydrogen) atoms. The van der Waals surface area contributed by atoms with E-state index in [2.05, 4.69) is 19.1 Å². The Bertz CT molecular complexity index is 1010. The van der Waals surface area contributed by atoms with Crippen molar-refractivity contribution in [2.24, 2.45) is 11.8 Å². The van der Waals surface area contributed by atoms with Gasteiger partial charge in [-0.2, -0.15) is 0 Å². The van der Waals surface area contributed by atoms with E-state index in [4.69, 9.17) is 18.9 Å². The molecule has 7 nitrogen and oxygen atoms in total. The largest absolute Gasteiger partial charge is 0.458 e. The van der Waals surface area contributed by atoms with Crippen LogP contribution in [-0.2, 0) is 18.9 Å². The number of esters is 1. The molecule has 0 aliphatic carbocycles. The van der Waals surface area contributed by atoms with E-state index >= 15 is 0 Å². The van der Waals surface area contributed by atoms with Gasteiger partial charge in [0.05, 0.1) is 24.3 Å². The van der Waals surface area contributed by atoms with Crippen molar-refractivity contribution < 1.29 is 28.5 Å². The molecule has 0 saturated carbocycles. The number of nitrogens with zero attached hydrogens (tertiary/aromatic N) is 1. The number of amides is 1. The van der Waals surface area contributed by atoms with Crippen molar-refractivity contribution >= 4 is 23.8 Å². The minimum absolute atomic E-state index is 0.0288. The summed E-state index contributed by atoms with van der Waals surface area (Å²) in [6, 6.07) is 3.69. The van der Waals surface area contributed by atoms with E-state index in [-0.39, 0.29) is 42.2 Å². The highest BCUT2D eigenvalue weighted by molar-refractivity contribution is 5.98. The van der Waals surface area contributed by atoms with Gasteiger partial charge in [0.15, 0.2) is 5.79 Å². The maximum atomic E-state index is 13.3. The molecule has 3 aliphatic heterocycles. The second-order valence-corrected chi connectivity index (χ2v) is 9.98. The second kappa shape index (κ2) is 9.55. The maximum absolute atomic E-state index is 13.3. The number of fused-ring (bicyclic) bond motifs is 2. The molecule has 3 aliphatic rings. The molecule has 0 radical (unpaired) electrons. The van der Waals surface area contributed by atoms with Crippen LogP contribution in [0.25, 0.3) is 6.08 Å². The zero-order valence-corrected chi connectivity index (χ0v) is 20.9. The normalized spacial score (nSPS) is 33.4. The third-order valence-electron chi connectivity index (χ3n) is 6.78. The van der Waals surface area contributed by atoms with Crippen LogP contribution < -0.4 is 4.90 Å². The van der Waals surface area contributed by atoms with Gasteiger partial charge in [0.25, 0.3) is 0 Å². The molecule has 0 bridgehead atoms. The van der Waals surface area contributed by atoms with E-state index in [1.807, 2.05) is 58.9 Å². The molecule has 5 atom stereocenters. The number of anilines is 1. The predicted octanol–water partition coefficient (Wildman–Crippen LogP) is 5.26. The Morgan fingerprint density at radius 2 is 1.76 bits per heavy atom. The third kappa shape index (κ3) is 5.05. The van der Waals surface area contributed by atoms with Crippen LogP contribution in [0.5, 0.6) is 0 Å². The number of benzene rings is 1. The lowest BCUT2D eigenvalue weighted by atomic mass is 9.94. The molecule has 0 unspecified atom stereocenters. The van der Waals surface area contributed by atoms with Crippen molar-refractivity contribution in [1.82, 2.24) is 0 Å². The molecule has 1 amide bonds. The number of carbonyl (C=O) groups excluding carboxylic acids is 2. The molecule has 0 aromatic heterocycles. The molecular formula is C27H35NO6. The zero-order valence-electron chi connectivity index (χ0n) is 20.9. The standard InChI is InChI=1S/C27H35NO6/c1-16-10-11-17(2)24-22(33-27(5,6)34-24)9-7-8-20-15-21(28-12-13-31-26(28)30)14-18(3)23(20)25(29)32-19(16)4/h7-8,10-11,14-17,19,22,24H,9,12-13H2,1-6H3/b8-7+,11-10-/t16-,17-,19+,22+,24-/m1/s1. The van der Waals surface area contributed by atoms with Crippen LogP contribution in [0.15, 0.2) is 30.4 Å². The van der Waals surface area contributed by atoms with Gasteiger partial charge in [-0.1, -0.05) is 38.2 Å². The molecule has 3 heterocycles. The first-order valence-electron chi connectivity index (χ1n) is 12.1. The highest BCUT2D eigenvalue weighted by Gasteiger charge is 2.42. The summed E-state index contributed by atoms with van der Waals surface area (Å²) in [6.45, 7) is 12.6. The monoisotopic (exact) mass is 469 g/mol. The van der Waals surface area contributed by atoms with Gasteiger partial charge in [-0.3, -0.25) is 4.90 Å². The molecule has 184 valence electrons. The fourth-order valence-corrected chi connectivity index (χ4v) is 4.76. The lowest BCUT2D eigenvalue weighted by Gasteiger charge is -2.23. The van der Waals surface area contributed by atoms with E-state index in [0.29, 0.717) is 36.4 Å². The van der Waals surface area contributed by atoms with Crippen LogP contribution in [0, 0.1) is 18.8 Å². The number of ether oxygens (including phenoxy) is 4. The topological polar surface area (TPSA) is 74.3 Å². The van der Waals surface area contributed by atoms with Crippen molar-refractivity contribution in [3.8, 4) is 0 Å². The summed E-state index contributed by atoms with van der Waals surface area (Å²) in [5, 5.41) is 0. The van der Waals surface area contributed by atoms with Crippen molar-refractivity contribution in [1.29, 1.82) is 0 Å². The van der Waals surface area contributed by atoms with Gasteiger partial charge >= 0.3 is 12.1 Å². The summed E-state index contributed by atoms with van der Waals surface area (Å²) in [4.78, 5) is 27.0. The Morgan fingerprint density at radius 1 is 1.03 bits per heavy atom. The third-order valence-corrected chi connectivity index (χ3v) is 6.78. The summed E-state index contributed by atoms with van der Waals surface area (Å²) in [7, 11) is 0. The fraction of sp³-hybridized carbons (Fsp3) is 0.556. The number of rotatable bonds is 1. The quantitative estimate of drug-likeness (QED) is 0.412. The fourth-order valence-electron chi connectivity index (χ4n) is 4.76. The number of aryl methyl sites for hydroxylation is 1. The summed E-state index contributed by atoms with van der Waals surface area (Å²) in [5.74, 6) is -0.864. The first kappa shape index (κ1) is 24.5. The average molecular weight is 470 g/mol.